The lowest BCUT2D eigenvalue weighted by Gasteiger charge is -2.27. The third kappa shape index (κ3) is 1.50. The molecule has 0 saturated heterocycles. The van der Waals surface area contributed by atoms with Crippen molar-refractivity contribution < 1.29 is 9.47 Å². The fraction of sp³-hybridized carbons (Fsp3) is 0.0588. The summed E-state index contributed by atoms with van der Waals surface area (Å²) in [6.45, 7) is 0. The van der Waals surface area contributed by atoms with Crippen LogP contribution in [0.4, 0.5) is 0 Å². The van der Waals surface area contributed by atoms with Gasteiger partial charge in [-0.25, -0.2) is 0 Å². The summed E-state index contributed by atoms with van der Waals surface area (Å²) in [4.78, 5) is 0. The zero-order valence-electron chi connectivity index (χ0n) is 21.9. The summed E-state index contributed by atoms with van der Waals surface area (Å²) in [5.74, 6) is 1.67. The lowest BCUT2D eigenvalue weighted by molar-refractivity contribution is 0.401. The van der Waals surface area contributed by atoms with E-state index in [1.54, 1.807) is 14.2 Å². The van der Waals surface area contributed by atoms with Gasteiger partial charge in [0, 0.05) is 27.6 Å². The third-order valence-corrected chi connectivity index (χ3v) is 10.4. The summed E-state index contributed by atoms with van der Waals surface area (Å²) >= 11 is 0. The van der Waals surface area contributed by atoms with Crippen LogP contribution in [0.2, 0.25) is 0 Å². The van der Waals surface area contributed by atoms with Crippen LogP contribution in [-0.4, -0.2) is 36.2 Å². The molecule has 0 bridgehead atoms. The Kier molecular flexibility index (Phi) is 2.40. The Morgan fingerprint density at radius 2 is 0.634 bits per heavy atom. The molecule has 0 atom stereocenters. The average Bonchev–Trinajstić information content (AvgIpc) is 3.82. The molecule has 0 spiro atoms. The molecule has 0 aliphatic heterocycles. The molecule has 41 heavy (non-hydrogen) atoms. The number of methoxy groups -OCH3 is 2. The Bertz CT molecular complexity index is 3010. The number of pyridine rings is 2. The lowest BCUT2D eigenvalue weighted by atomic mass is 9.95. The lowest BCUT2D eigenvalue weighted by Crippen LogP contribution is -2.11. The van der Waals surface area contributed by atoms with Crippen LogP contribution < -0.4 is 9.47 Å². The monoisotopic (exact) mass is 527 g/mol. The highest BCUT2D eigenvalue weighted by Gasteiger charge is 2.33. The second kappa shape index (κ2) is 5.28. The van der Waals surface area contributed by atoms with E-state index >= 15 is 0 Å². The van der Waals surface area contributed by atoms with E-state index in [0.717, 1.165) is 33.3 Å². The van der Waals surface area contributed by atoms with Crippen molar-refractivity contribution in [3.8, 4) is 11.5 Å². The molecule has 0 fully saturated rings. The maximum atomic E-state index is 6.12. The molecule has 190 valence electrons. The molecule has 0 aliphatic carbocycles. The van der Waals surface area contributed by atoms with Crippen LogP contribution in [0.5, 0.6) is 11.5 Å². The number of aromatic nitrogens is 5. The van der Waals surface area contributed by atoms with Gasteiger partial charge in [0.15, 0.2) is 0 Å². The summed E-state index contributed by atoms with van der Waals surface area (Å²) in [6.07, 6.45) is 0. The van der Waals surface area contributed by atoms with E-state index in [4.69, 9.17) is 9.47 Å². The van der Waals surface area contributed by atoms with Gasteiger partial charge in [-0.2, -0.15) is 0 Å². The Balaban J connectivity index is 1.62. The molecule has 11 heterocycles. The molecule has 0 unspecified atom stereocenters. The number of rotatable bonds is 2. The molecule has 7 heteroatoms. The maximum absolute atomic E-state index is 6.12. The van der Waals surface area contributed by atoms with Gasteiger partial charge < -0.3 is 31.5 Å². The topological polar surface area (TPSA) is 40.5 Å². The van der Waals surface area contributed by atoms with E-state index in [-0.39, 0.29) is 0 Å². The summed E-state index contributed by atoms with van der Waals surface area (Å²) in [5, 5.41) is 4.72. The van der Waals surface area contributed by atoms with Gasteiger partial charge in [0.2, 0.25) is 0 Å². The van der Waals surface area contributed by atoms with Crippen molar-refractivity contribution in [2.75, 3.05) is 14.2 Å². The van der Waals surface area contributed by atoms with Gasteiger partial charge in [0.05, 0.1) is 97.0 Å². The molecule has 0 amide bonds. The van der Waals surface area contributed by atoms with Gasteiger partial charge in [-0.3, -0.25) is 0 Å². The number of fused-ring (bicyclic) bond motifs is 6. The van der Waals surface area contributed by atoms with Crippen LogP contribution in [0, 0.1) is 0 Å². The molecule has 0 radical (unpaired) electrons. The first kappa shape index (κ1) is 18.7. The molecule has 0 saturated carbocycles. The van der Waals surface area contributed by atoms with Crippen LogP contribution in [0.3, 0.4) is 0 Å². The average molecular weight is 528 g/mol. The van der Waals surface area contributed by atoms with Gasteiger partial charge in [-0.05, 0) is 60.7 Å². The number of benzene rings is 2. The fourth-order valence-electron chi connectivity index (χ4n) is 9.09. The van der Waals surface area contributed by atoms with Crippen molar-refractivity contribution in [3.63, 3.8) is 0 Å². The van der Waals surface area contributed by atoms with E-state index in [1.807, 2.05) is 0 Å². The van der Waals surface area contributed by atoms with Crippen molar-refractivity contribution in [1.29, 1.82) is 0 Å². The van der Waals surface area contributed by atoms with Crippen molar-refractivity contribution >= 4 is 104 Å². The minimum absolute atomic E-state index is 0.834. The van der Waals surface area contributed by atoms with Crippen molar-refractivity contribution in [2.45, 2.75) is 0 Å². The summed E-state index contributed by atoms with van der Waals surface area (Å²) in [6, 6.07) is 24.9. The molecular formula is C34H17N5O2. The molecule has 0 aliphatic rings. The molecule has 2 aromatic carbocycles. The van der Waals surface area contributed by atoms with Crippen molar-refractivity contribution in [2.24, 2.45) is 0 Å². The fourth-order valence-corrected chi connectivity index (χ4v) is 9.09. The molecule has 11 aromatic heterocycles. The first-order valence-electron chi connectivity index (χ1n) is 14.0. The van der Waals surface area contributed by atoms with E-state index in [2.05, 4.69) is 88.7 Å². The highest BCUT2D eigenvalue weighted by molar-refractivity contribution is 6.39. The quantitative estimate of drug-likeness (QED) is 0.171. The summed E-state index contributed by atoms with van der Waals surface area (Å²) in [5.41, 5.74) is 18.4. The zero-order valence-corrected chi connectivity index (χ0v) is 21.9. The minimum atomic E-state index is 0.834. The predicted octanol–water partition coefficient (Wildman–Crippen LogP) is 7.67. The minimum Gasteiger partial charge on any atom is -0.496 e. The van der Waals surface area contributed by atoms with Gasteiger partial charge in [-0.15, -0.1) is 0 Å². The SMILES string of the molecule is COc1cc(OC)c2c3c1c1ccc4c5ccc6c7ccc8c9ccc%10c%11ccc2n%11c2c3c(c(c(c2n%109)n78)n56)n14. The summed E-state index contributed by atoms with van der Waals surface area (Å²) < 4.78 is 24.8. The van der Waals surface area contributed by atoms with Crippen LogP contribution >= 0.6 is 0 Å². The Morgan fingerprint density at radius 3 is 0.976 bits per heavy atom. The van der Waals surface area contributed by atoms with Gasteiger partial charge in [0.25, 0.3) is 0 Å². The number of nitrogens with zero attached hydrogens (tertiary/aromatic N) is 5. The normalized spacial score (nSPS) is 14.1. The Morgan fingerprint density at radius 1 is 0.341 bits per heavy atom. The van der Waals surface area contributed by atoms with Crippen molar-refractivity contribution in [3.05, 3.63) is 66.7 Å². The van der Waals surface area contributed by atoms with Crippen LogP contribution in [0.15, 0.2) is 66.7 Å². The standard InChI is InChI=1S/C34H17N5O2/c1-40-24-13-25(41-2)27-23-12-10-21-19-8-4-15-17-6-5-16-14-3-7-18-20-9-11-22-26(24)28(27)29-30(38(20)22)32(35(14)18)34(37(16)17)33(36(15)19)31(29)39(21)23/h3-13H,1-2H3. The maximum Gasteiger partial charge on any atom is 0.132 e. The highest BCUT2D eigenvalue weighted by Crippen LogP contribution is 2.54. The first-order valence-corrected chi connectivity index (χ1v) is 14.0. The number of ether oxygens (including phenoxy) is 2. The molecular weight excluding hydrogens is 510 g/mol. The molecule has 13 aromatic rings. The van der Waals surface area contributed by atoms with Gasteiger partial charge in [-0.1, -0.05) is 0 Å². The second-order valence-electron chi connectivity index (χ2n) is 11.7. The molecule has 0 N–H and O–H groups in total. The van der Waals surface area contributed by atoms with E-state index in [1.165, 1.54) is 82.5 Å². The van der Waals surface area contributed by atoms with Crippen molar-refractivity contribution in [1.82, 2.24) is 22.0 Å². The Hall–Kier alpha value is -5.56. The van der Waals surface area contributed by atoms with Gasteiger partial charge in [0.1, 0.15) is 11.5 Å². The van der Waals surface area contributed by atoms with E-state index in [9.17, 15) is 0 Å². The molecule has 13 rings (SSSR count). The number of hydrogen-bond acceptors (Lipinski definition) is 2. The first-order chi connectivity index (χ1) is 20.3. The third-order valence-electron chi connectivity index (χ3n) is 10.4. The van der Waals surface area contributed by atoms with Crippen LogP contribution in [0.25, 0.3) is 104 Å². The van der Waals surface area contributed by atoms with E-state index < -0.39 is 0 Å². The smallest absolute Gasteiger partial charge is 0.132 e. The van der Waals surface area contributed by atoms with Crippen LogP contribution in [-0.2, 0) is 0 Å². The summed E-state index contributed by atoms with van der Waals surface area (Å²) in [7, 11) is 3.53. The highest BCUT2D eigenvalue weighted by atomic mass is 16.5. The largest absolute Gasteiger partial charge is 0.496 e. The van der Waals surface area contributed by atoms with Gasteiger partial charge >= 0.3 is 0 Å². The predicted molar refractivity (Wildman–Crippen MR) is 164 cm³/mol. The van der Waals surface area contributed by atoms with Crippen LogP contribution in [0.1, 0.15) is 0 Å². The second-order valence-corrected chi connectivity index (χ2v) is 11.7. The zero-order chi connectivity index (χ0) is 26.2. The Labute approximate surface area is 228 Å². The van der Waals surface area contributed by atoms with E-state index in [0.29, 0.717) is 0 Å². The number of hydrogen-bond donors (Lipinski definition) is 0. The molecule has 7 nitrogen and oxygen atoms in total.